The van der Waals surface area contributed by atoms with Crippen LogP contribution in [0.4, 0.5) is 0 Å². The van der Waals surface area contributed by atoms with Crippen molar-refractivity contribution >= 4 is 11.9 Å². The first-order valence-corrected chi connectivity index (χ1v) is 13.3. The van der Waals surface area contributed by atoms with Crippen LogP contribution in [-0.4, -0.2) is 80.7 Å². The number of aliphatic hydroxyl groups excluding tert-OH is 3. The predicted octanol–water partition coefficient (Wildman–Crippen LogP) is 1.90. The molecule has 2 bridgehead atoms. The molecular weight excluding hydrogens is 492 g/mol. The highest BCUT2D eigenvalue weighted by atomic mass is 16.6. The van der Waals surface area contributed by atoms with E-state index in [1.54, 1.807) is 51.1 Å². The Bertz CT molecular complexity index is 1160. The Morgan fingerprint density at radius 1 is 1.08 bits per heavy atom. The molecule has 0 amide bonds. The number of hydrogen-bond acceptors (Lipinski definition) is 9. The topological polar surface area (TPSA) is 143 Å². The Morgan fingerprint density at radius 3 is 2.32 bits per heavy atom. The van der Waals surface area contributed by atoms with Crippen molar-refractivity contribution in [2.45, 2.75) is 95.6 Å². The Balaban J connectivity index is 1.78. The molecule has 1 aromatic carbocycles. The number of carbonyl (C=O) groups excluding carboxylic acids is 2. The van der Waals surface area contributed by atoms with E-state index in [-0.39, 0.29) is 25.0 Å². The van der Waals surface area contributed by atoms with E-state index in [0.29, 0.717) is 12.0 Å². The zero-order valence-electron chi connectivity index (χ0n) is 22.5. The molecule has 1 aliphatic heterocycles. The van der Waals surface area contributed by atoms with Gasteiger partial charge in [0.2, 0.25) is 0 Å². The molecule has 0 aromatic heterocycles. The largest absolute Gasteiger partial charge is 0.455 e. The highest BCUT2D eigenvalue weighted by molar-refractivity contribution is 5.89. The van der Waals surface area contributed by atoms with Gasteiger partial charge in [-0.3, -0.25) is 4.79 Å². The molecule has 1 heterocycles. The fourth-order valence-corrected chi connectivity index (χ4v) is 7.91. The number of esters is 2. The van der Waals surface area contributed by atoms with Crippen molar-refractivity contribution in [2.24, 2.45) is 16.7 Å². The monoisotopic (exact) mass is 530 g/mol. The Morgan fingerprint density at radius 2 is 1.74 bits per heavy atom. The molecule has 5 rings (SSSR count). The van der Waals surface area contributed by atoms with E-state index in [0.717, 1.165) is 5.57 Å². The summed E-state index contributed by atoms with van der Waals surface area (Å²) in [5.41, 5.74) is -4.31. The first-order chi connectivity index (χ1) is 17.7. The molecule has 1 saturated heterocycles. The SMILES string of the molecule is CC(=O)O[C@@]12CO[C@@H]1C[C@H](O)[C@@]1(C)C(O)[C@H](O)C3=C(C)CC[C@@](O)([C@@H](OC(=O)c4ccccc4)C12)C3(C)C. The standard InChI is InChI=1S/C29H38O9/c1-15-11-12-29(35)24(37-25(34)17-9-7-6-8-10-17)22-27(5,23(33)21(32)20(15)26(29,3)4)18(31)13-19-28(22,14-36-19)38-16(2)30/h6-10,18-19,21-24,31-33,35H,11-14H2,1-5H3/t18-,19+,21+,22?,23?,24-,27+,28-,29+/m0/s1. The molecule has 1 aromatic rings. The van der Waals surface area contributed by atoms with Gasteiger partial charge >= 0.3 is 11.9 Å². The van der Waals surface area contributed by atoms with Gasteiger partial charge in [-0.2, -0.15) is 0 Å². The van der Waals surface area contributed by atoms with E-state index in [1.165, 1.54) is 6.92 Å². The van der Waals surface area contributed by atoms with Gasteiger partial charge in [-0.15, -0.1) is 0 Å². The lowest BCUT2D eigenvalue weighted by Gasteiger charge is -2.68. The van der Waals surface area contributed by atoms with Crippen LogP contribution in [0.5, 0.6) is 0 Å². The second-order valence-electron chi connectivity index (χ2n) is 12.3. The zero-order valence-corrected chi connectivity index (χ0v) is 22.5. The highest BCUT2D eigenvalue weighted by Gasteiger charge is 2.77. The van der Waals surface area contributed by atoms with E-state index in [4.69, 9.17) is 14.2 Å². The fraction of sp³-hybridized carbons (Fsp3) is 0.655. The van der Waals surface area contributed by atoms with Gasteiger partial charge in [0, 0.05) is 24.2 Å². The van der Waals surface area contributed by atoms with Crippen molar-refractivity contribution < 1.29 is 44.2 Å². The van der Waals surface area contributed by atoms with E-state index in [9.17, 15) is 30.0 Å². The van der Waals surface area contributed by atoms with E-state index in [2.05, 4.69) is 0 Å². The third-order valence-electron chi connectivity index (χ3n) is 10.1. The van der Waals surface area contributed by atoms with Crippen molar-refractivity contribution in [1.82, 2.24) is 0 Å². The first-order valence-electron chi connectivity index (χ1n) is 13.3. The molecule has 4 aliphatic rings. The number of allylic oxidation sites excluding steroid dienone is 1. The van der Waals surface area contributed by atoms with E-state index in [1.807, 2.05) is 6.92 Å². The van der Waals surface area contributed by atoms with Gasteiger partial charge in [0.25, 0.3) is 0 Å². The Kier molecular flexibility index (Phi) is 6.36. The molecule has 3 fully saturated rings. The second-order valence-corrected chi connectivity index (χ2v) is 12.3. The van der Waals surface area contributed by atoms with Gasteiger partial charge in [-0.1, -0.05) is 44.5 Å². The van der Waals surface area contributed by atoms with Crippen LogP contribution in [0.1, 0.15) is 64.2 Å². The lowest BCUT2D eigenvalue weighted by molar-refractivity contribution is -0.364. The summed E-state index contributed by atoms with van der Waals surface area (Å²) in [6.07, 6.45) is -5.63. The number of fused-ring (bicyclic) bond motifs is 5. The molecular formula is C29H38O9. The Labute approximate surface area is 222 Å². The molecule has 38 heavy (non-hydrogen) atoms. The summed E-state index contributed by atoms with van der Waals surface area (Å²) < 4.78 is 18.0. The zero-order chi connectivity index (χ0) is 27.8. The van der Waals surface area contributed by atoms with Crippen molar-refractivity contribution in [1.29, 1.82) is 0 Å². The number of rotatable bonds is 3. The predicted molar refractivity (Wildman–Crippen MR) is 135 cm³/mol. The van der Waals surface area contributed by atoms with Gasteiger partial charge in [-0.25, -0.2) is 4.79 Å². The van der Waals surface area contributed by atoms with Crippen molar-refractivity contribution in [3.05, 3.63) is 47.0 Å². The highest BCUT2D eigenvalue weighted by Crippen LogP contribution is 2.64. The van der Waals surface area contributed by atoms with Crippen LogP contribution in [0.2, 0.25) is 0 Å². The number of carbonyl (C=O) groups is 2. The van der Waals surface area contributed by atoms with Crippen LogP contribution in [0.3, 0.4) is 0 Å². The normalized spacial score (nSPS) is 43.5. The minimum absolute atomic E-state index is 0.0310. The van der Waals surface area contributed by atoms with Crippen molar-refractivity contribution in [2.75, 3.05) is 6.61 Å². The van der Waals surface area contributed by atoms with Crippen molar-refractivity contribution in [3.8, 4) is 0 Å². The van der Waals surface area contributed by atoms with Crippen LogP contribution < -0.4 is 0 Å². The fourth-order valence-electron chi connectivity index (χ4n) is 7.91. The van der Waals surface area contributed by atoms with Gasteiger partial charge in [-0.05, 0) is 37.5 Å². The molecule has 0 radical (unpaired) electrons. The third-order valence-corrected chi connectivity index (χ3v) is 10.1. The number of benzene rings is 1. The molecule has 2 unspecified atom stereocenters. The van der Waals surface area contributed by atoms with Crippen LogP contribution in [0.25, 0.3) is 0 Å². The lowest BCUT2D eigenvalue weighted by Crippen LogP contribution is -2.82. The smallest absolute Gasteiger partial charge is 0.338 e. The Hall–Kier alpha value is -2.30. The molecule has 0 spiro atoms. The molecule has 208 valence electrons. The van der Waals surface area contributed by atoms with Crippen LogP contribution in [0, 0.1) is 16.7 Å². The maximum Gasteiger partial charge on any atom is 0.338 e. The lowest BCUT2D eigenvalue weighted by atomic mass is 9.44. The summed E-state index contributed by atoms with van der Waals surface area (Å²) in [7, 11) is 0. The van der Waals surface area contributed by atoms with Gasteiger partial charge < -0.3 is 34.6 Å². The molecule has 3 aliphatic carbocycles. The molecule has 9 nitrogen and oxygen atoms in total. The van der Waals surface area contributed by atoms with Crippen LogP contribution in [0.15, 0.2) is 41.5 Å². The molecule has 9 heteroatoms. The minimum Gasteiger partial charge on any atom is -0.455 e. The van der Waals surface area contributed by atoms with Gasteiger partial charge in [0.1, 0.15) is 23.9 Å². The second kappa shape index (κ2) is 8.86. The summed E-state index contributed by atoms with van der Waals surface area (Å²) >= 11 is 0. The first kappa shape index (κ1) is 27.3. The van der Waals surface area contributed by atoms with Crippen LogP contribution in [-0.2, 0) is 19.0 Å². The summed E-state index contributed by atoms with van der Waals surface area (Å²) in [6.45, 7) is 8.18. The molecule has 4 N–H and O–H groups in total. The summed E-state index contributed by atoms with van der Waals surface area (Å²) in [6, 6.07) is 8.36. The number of ether oxygens (including phenoxy) is 3. The van der Waals surface area contributed by atoms with E-state index < -0.39 is 70.4 Å². The number of hydrogen-bond donors (Lipinski definition) is 4. The average Bonchev–Trinajstić information content (AvgIpc) is 2.85. The van der Waals surface area contributed by atoms with Crippen LogP contribution >= 0.6 is 0 Å². The maximum absolute atomic E-state index is 13.6. The van der Waals surface area contributed by atoms with Gasteiger partial charge in [0.05, 0.1) is 30.3 Å². The quantitative estimate of drug-likeness (QED) is 0.340. The minimum atomic E-state index is -1.75. The maximum atomic E-state index is 13.6. The summed E-state index contributed by atoms with van der Waals surface area (Å²) in [4.78, 5) is 26.0. The van der Waals surface area contributed by atoms with E-state index >= 15 is 0 Å². The molecule has 9 atom stereocenters. The molecule has 2 saturated carbocycles. The number of aliphatic hydroxyl groups is 4. The average molecular weight is 531 g/mol. The summed E-state index contributed by atoms with van der Waals surface area (Å²) in [5, 5.41) is 47.7. The third kappa shape index (κ3) is 3.48. The van der Waals surface area contributed by atoms with Gasteiger partial charge in [0.15, 0.2) is 5.60 Å². The van der Waals surface area contributed by atoms with Crippen molar-refractivity contribution in [3.63, 3.8) is 0 Å². The summed E-state index contributed by atoms with van der Waals surface area (Å²) in [5.74, 6) is -2.41.